The number of phosphoric acid groups is 1. The zero-order valence-corrected chi connectivity index (χ0v) is 19.3. The molecule has 0 aromatic rings. The van der Waals surface area contributed by atoms with Gasteiger partial charge < -0.3 is 28.4 Å². The van der Waals surface area contributed by atoms with E-state index in [9.17, 15) is 17.7 Å². The maximum atomic E-state index is 12.7. The fraction of sp³-hybridized carbons (Fsp3) is 1.00. The van der Waals surface area contributed by atoms with Gasteiger partial charge in [-0.15, -0.1) is 0 Å². The van der Waals surface area contributed by atoms with Crippen LogP contribution in [0.3, 0.4) is 0 Å². The molecule has 0 N–H and O–H groups in total. The van der Waals surface area contributed by atoms with Crippen LogP contribution >= 0.6 is 7.82 Å². The maximum absolute atomic E-state index is 12.7. The third kappa shape index (κ3) is 22.8. The molecular formula is C18H36F3O10P. The molecule has 0 aromatic carbocycles. The second kappa shape index (κ2) is 25.3. The molecule has 0 aliphatic heterocycles. The Morgan fingerprint density at radius 2 is 0.594 bits per heavy atom. The Bertz CT molecular complexity index is 369. The molecule has 0 unspecified atom stereocenters. The first-order valence-corrected chi connectivity index (χ1v) is 11.8. The van der Waals surface area contributed by atoms with Gasteiger partial charge in [-0.2, -0.15) is 0 Å². The van der Waals surface area contributed by atoms with Gasteiger partial charge in [-0.05, 0) is 0 Å². The topological polar surface area (TPSA) is 100 Å². The lowest BCUT2D eigenvalue weighted by atomic mass is 10.7. The SMILES string of the molecule is O=P(OCCOCCOCCF)(OCCOCCOCCF)OCCOCCOCCF. The lowest BCUT2D eigenvalue weighted by Crippen LogP contribution is -2.14. The van der Waals surface area contributed by atoms with E-state index in [1.807, 2.05) is 0 Å². The van der Waals surface area contributed by atoms with E-state index in [-0.39, 0.29) is 99.1 Å². The van der Waals surface area contributed by atoms with E-state index in [1.165, 1.54) is 0 Å². The molecule has 0 amide bonds. The van der Waals surface area contributed by atoms with Crippen LogP contribution in [0.4, 0.5) is 13.2 Å². The molecule has 0 rings (SSSR count). The van der Waals surface area contributed by atoms with Crippen molar-refractivity contribution in [3.63, 3.8) is 0 Å². The number of hydrogen-bond acceptors (Lipinski definition) is 10. The lowest BCUT2D eigenvalue weighted by Gasteiger charge is -2.18. The molecule has 0 atom stereocenters. The number of halogens is 3. The van der Waals surface area contributed by atoms with Crippen molar-refractivity contribution >= 4 is 7.82 Å². The Hall–Kier alpha value is -0.340. The second-order valence-corrected chi connectivity index (χ2v) is 7.36. The highest BCUT2D eigenvalue weighted by atomic mass is 31.2. The average molecular weight is 500 g/mol. The first-order valence-electron chi connectivity index (χ1n) is 10.4. The summed E-state index contributed by atoms with van der Waals surface area (Å²) in [5.74, 6) is 0. The number of rotatable bonds is 27. The van der Waals surface area contributed by atoms with Crippen molar-refractivity contribution in [2.45, 2.75) is 0 Å². The molecule has 0 aliphatic rings. The van der Waals surface area contributed by atoms with Crippen molar-refractivity contribution in [1.29, 1.82) is 0 Å². The van der Waals surface area contributed by atoms with Crippen molar-refractivity contribution in [3.05, 3.63) is 0 Å². The summed E-state index contributed by atoms with van der Waals surface area (Å²) < 4.78 is 94.4. The Balaban J connectivity index is 4.06. The van der Waals surface area contributed by atoms with E-state index in [2.05, 4.69) is 0 Å². The molecular weight excluding hydrogens is 464 g/mol. The highest BCUT2D eigenvalue weighted by molar-refractivity contribution is 7.48. The molecule has 0 heterocycles. The normalized spacial score (nSPS) is 12.0. The predicted molar refractivity (Wildman–Crippen MR) is 108 cm³/mol. The van der Waals surface area contributed by atoms with Crippen LogP contribution in [-0.4, -0.2) is 119 Å². The van der Waals surface area contributed by atoms with Crippen molar-refractivity contribution in [3.8, 4) is 0 Å². The third-order valence-corrected chi connectivity index (χ3v) is 4.71. The number of alkyl halides is 3. The van der Waals surface area contributed by atoms with Gasteiger partial charge in [-0.3, -0.25) is 13.6 Å². The summed E-state index contributed by atoms with van der Waals surface area (Å²) in [6.07, 6.45) is 0. The van der Waals surface area contributed by atoms with E-state index in [4.69, 9.17) is 42.0 Å². The molecule has 32 heavy (non-hydrogen) atoms. The Labute approximate surface area is 187 Å². The van der Waals surface area contributed by atoms with Crippen LogP contribution in [0.5, 0.6) is 0 Å². The van der Waals surface area contributed by atoms with Crippen LogP contribution in [0.2, 0.25) is 0 Å². The molecule has 0 aliphatic carbocycles. The van der Waals surface area contributed by atoms with Crippen molar-refractivity contribution in [2.75, 3.05) is 119 Å². The van der Waals surface area contributed by atoms with Crippen LogP contribution in [0.15, 0.2) is 0 Å². The second-order valence-electron chi connectivity index (χ2n) is 5.69. The Morgan fingerprint density at radius 1 is 0.375 bits per heavy atom. The molecule has 0 spiro atoms. The smallest absolute Gasteiger partial charge is 0.377 e. The zero-order valence-electron chi connectivity index (χ0n) is 18.4. The summed E-state index contributed by atoms with van der Waals surface area (Å²) in [7, 11) is -3.90. The quantitative estimate of drug-likeness (QED) is 0.123. The molecule has 194 valence electrons. The molecule has 0 saturated carbocycles. The van der Waals surface area contributed by atoms with Crippen LogP contribution in [0.25, 0.3) is 0 Å². The standard InChI is InChI=1S/C18H36F3O10P/c19-1-4-23-7-10-26-13-16-29-32(22,30-17-14-27-11-8-24-5-2-20)31-18-15-28-12-9-25-6-3-21/h1-18H2. The lowest BCUT2D eigenvalue weighted by molar-refractivity contribution is 0.00465. The van der Waals surface area contributed by atoms with Gasteiger partial charge in [-0.25, -0.2) is 17.7 Å². The van der Waals surface area contributed by atoms with Crippen LogP contribution in [0.1, 0.15) is 0 Å². The molecule has 0 aromatic heterocycles. The molecule has 14 heteroatoms. The zero-order chi connectivity index (χ0) is 23.6. The molecule has 0 fully saturated rings. The summed E-state index contributed by atoms with van der Waals surface area (Å²) >= 11 is 0. The molecule has 0 radical (unpaired) electrons. The first kappa shape index (κ1) is 31.7. The molecule has 0 saturated heterocycles. The fourth-order valence-electron chi connectivity index (χ4n) is 1.87. The van der Waals surface area contributed by atoms with E-state index < -0.39 is 27.8 Å². The van der Waals surface area contributed by atoms with E-state index in [0.29, 0.717) is 0 Å². The van der Waals surface area contributed by atoms with Crippen molar-refractivity contribution in [2.24, 2.45) is 0 Å². The number of phosphoric ester groups is 1. The minimum atomic E-state index is -3.90. The van der Waals surface area contributed by atoms with Crippen molar-refractivity contribution < 1.29 is 59.7 Å². The van der Waals surface area contributed by atoms with Gasteiger partial charge in [0.2, 0.25) is 0 Å². The van der Waals surface area contributed by atoms with E-state index in [1.54, 1.807) is 0 Å². The highest BCUT2D eigenvalue weighted by Gasteiger charge is 2.26. The molecule has 10 nitrogen and oxygen atoms in total. The van der Waals surface area contributed by atoms with Crippen LogP contribution < -0.4 is 0 Å². The average Bonchev–Trinajstić information content (AvgIpc) is 2.79. The van der Waals surface area contributed by atoms with Crippen LogP contribution in [0, 0.1) is 0 Å². The van der Waals surface area contributed by atoms with Crippen LogP contribution in [-0.2, 0) is 46.6 Å². The van der Waals surface area contributed by atoms with Gasteiger partial charge in [-0.1, -0.05) is 0 Å². The van der Waals surface area contributed by atoms with Gasteiger partial charge >= 0.3 is 7.82 Å². The minimum Gasteiger partial charge on any atom is -0.377 e. The summed E-state index contributed by atoms with van der Waals surface area (Å²) in [5.41, 5.74) is 0. The van der Waals surface area contributed by atoms with E-state index >= 15 is 0 Å². The first-order chi connectivity index (χ1) is 15.7. The minimum absolute atomic E-state index is 0.00480. The summed E-state index contributed by atoms with van der Waals surface area (Å²) in [4.78, 5) is 0. The largest absolute Gasteiger partial charge is 0.475 e. The number of ether oxygens (including phenoxy) is 6. The predicted octanol–water partition coefficient (Wildman–Crippen LogP) is 2.15. The van der Waals surface area contributed by atoms with E-state index in [0.717, 1.165) is 0 Å². The molecule has 0 bridgehead atoms. The fourth-order valence-corrected chi connectivity index (χ4v) is 2.98. The summed E-state index contributed by atoms with van der Waals surface area (Å²) in [6, 6.07) is 0. The highest BCUT2D eigenvalue weighted by Crippen LogP contribution is 2.49. The monoisotopic (exact) mass is 500 g/mol. The van der Waals surface area contributed by atoms with Gasteiger partial charge in [0.05, 0.1) is 99.1 Å². The van der Waals surface area contributed by atoms with Gasteiger partial charge in [0.15, 0.2) is 0 Å². The Morgan fingerprint density at radius 3 is 0.844 bits per heavy atom. The Kier molecular flexibility index (Phi) is 25.0. The van der Waals surface area contributed by atoms with Crippen molar-refractivity contribution in [1.82, 2.24) is 0 Å². The maximum Gasteiger partial charge on any atom is 0.475 e. The van der Waals surface area contributed by atoms with Gasteiger partial charge in [0.1, 0.15) is 20.0 Å². The number of hydrogen-bond donors (Lipinski definition) is 0. The third-order valence-electron chi connectivity index (χ3n) is 3.21. The van der Waals surface area contributed by atoms with Gasteiger partial charge in [0, 0.05) is 0 Å². The van der Waals surface area contributed by atoms with Gasteiger partial charge in [0.25, 0.3) is 0 Å². The summed E-state index contributed by atoms with van der Waals surface area (Å²) in [6.45, 7) is -0.236. The summed E-state index contributed by atoms with van der Waals surface area (Å²) in [5, 5.41) is 0.